The molecule has 0 aromatic carbocycles. The maximum Gasteiger partial charge on any atom is 0.0672 e. The molecule has 1 unspecified atom stereocenters. The predicted octanol–water partition coefficient (Wildman–Crippen LogP) is 1.31. The van der Waals surface area contributed by atoms with Crippen LogP contribution in [0.1, 0.15) is 39.0 Å². The molecule has 0 heterocycles. The monoisotopic (exact) mass is 158 g/mol. The maximum absolute atomic E-state index is 9.88. The number of hydrogen-bond donors (Lipinski definition) is 2. The second kappa shape index (κ2) is 3.55. The van der Waals surface area contributed by atoms with Crippen LogP contribution in [-0.4, -0.2) is 22.4 Å². The quantitative estimate of drug-likeness (QED) is 0.636. The van der Waals surface area contributed by atoms with Crippen molar-refractivity contribution < 1.29 is 10.2 Å². The fraction of sp³-hybridized carbons (Fsp3) is 1.00. The minimum absolute atomic E-state index is 0.114. The van der Waals surface area contributed by atoms with Crippen LogP contribution in [-0.2, 0) is 0 Å². The Kier molecular flexibility index (Phi) is 2.90. The summed E-state index contributed by atoms with van der Waals surface area (Å²) >= 11 is 0. The predicted molar refractivity (Wildman–Crippen MR) is 44.3 cm³/mol. The first kappa shape index (κ1) is 9.01. The standard InChI is InChI=1S/C9H18O2/c1-8-3-2-4-9(11,7-8)5-6-10/h8,10-11H,2-7H2,1H3/t8-,9?/m1/s1. The number of hydrogen-bond acceptors (Lipinski definition) is 2. The van der Waals surface area contributed by atoms with Crippen molar-refractivity contribution in [1.82, 2.24) is 0 Å². The number of rotatable bonds is 2. The molecule has 0 bridgehead atoms. The van der Waals surface area contributed by atoms with E-state index in [1.807, 2.05) is 0 Å². The first-order valence-electron chi connectivity index (χ1n) is 4.49. The van der Waals surface area contributed by atoms with Crippen LogP contribution in [0.3, 0.4) is 0 Å². The summed E-state index contributed by atoms with van der Waals surface area (Å²) in [6, 6.07) is 0. The van der Waals surface area contributed by atoms with Gasteiger partial charge in [0.05, 0.1) is 5.60 Å². The van der Waals surface area contributed by atoms with E-state index >= 15 is 0 Å². The SMILES string of the molecule is C[C@@H]1CCCC(O)(CCO)C1. The largest absolute Gasteiger partial charge is 0.396 e. The molecule has 0 aromatic rings. The van der Waals surface area contributed by atoms with Gasteiger partial charge in [-0.05, 0) is 25.2 Å². The van der Waals surface area contributed by atoms with Crippen LogP contribution in [0.25, 0.3) is 0 Å². The molecule has 2 nitrogen and oxygen atoms in total. The van der Waals surface area contributed by atoms with Crippen molar-refractivity contribution in [2.75, 3.05) is 6.61 Å². The normalized spacial score (nSPS) is 39.0. The van der Waals surface area contributed by atoms with E-state index in [1.54, 1.807) is 0 Å². The Labute approximate surface area is 68.2 Å². The average molecular weight is 158 g/mol. The van der Waals surface area contributed by atoms with Crippen molar-refractivity contribution >= 4 is 0 Å². The molecular formula is C9H18O2. The summed E-state index contributed by atoms with van der Waals surface area (Å²) in [5, 5.41) is 18.6. The van der Waals surface area contributed by atoms with Gasteiger partial charge in [-0.1, -0.05) is 19.8 Å². The third-order valence-electron chi connectivity index (χ3n) is 2.64. The van der Waals surface area contributed by atoms with Crippen LogP contribution in [0.2, 0.25) is 0 Å². The van der Waals surface area contributed by atoms with Gasteiger partial charge in [0, 0.05) is 6.61 Å². The van der Waals surface area contributed by atoms with E-state index in [4.69, 9.17) is 5.11 Å². The minimum atomic E-state index is -0.549. The minimum Gasteiger partial charge on any atom is -0.396 e. The number of aliphatic hydroxyl groups is 2. The maximum atomic E-state index is 9.88. The van der Waals surface area contributed by atoms with Gasteiger partial charge in [-0.3, -0.25) is 0 Å². The number of aliphatic hydroxyl groups excluding tert-OH is 1. The van der Waals surface area contributed by atoms with Crippen LogP contribution < -0.4 is 0 Å². The lowest BCUT2D eigenvalue weighted by atomic mass is 9.77. The summed E-state index contributed by atoms with van der Waals surface area (Å²) in [6.45, 7) is 2.28. The molecule has 1 aliphatic rings. The highest BCUT2D eigenvalue weighted by Crippen LogP contribution is 2.33. The molecule has 0 amide bonds. The highest BCUT2D eigenvalue weighted by molar-refractivity contribution is 4.84. The molecule has 0 saturated heterocycles. The van der Waals surface area contributed by atoms with Crippen molar-refractivity contribution in [3.8, 4) is 0 Å². The van der Waals surface area contributed by atoms with E-state index in [1.165, 1.54) is 6.42 Å². The van der Waals surface area contributed by atoms with E-state index < -0.39 is 5.60 Å². The van der Waals surface area contributed by atoms with Gasteiger partial charge in [-0.2, -0.15) is 0 Å². The van der Waals surface area contributed by atoms with Crippen molar-refractivity contribution in [2.24, 2.45) is 5.92 Å². The lowest BCUT2D eigenvalue weighted by Gasteiger charge is -2.35. The van der Waals surface area contributed by atoms with Gasteiger partial charge >= 0.3 is 0 Å². The Morgan fingerprint density at radius 2 is 2.27 bits per heavy atom. The molecule has 2 atom stereocenters. The van der Waals surface area contributed by atoms with Gasteiger partial charge < -0.3 is 10.2 Å². The second-order valence-electron chi connectivity index (χ2n) is 3.90. The van der Waals surface area contributed by atoms with Crippen molar-refractivity contribution in [2.45, 2.75) is 44.6 Å². The third-order valence-corrected chi connectivity index (χ3v) is 2.64. The molecule has 66 valence electrons. The molecule has 11 heavy (non-hydrogen) atoms. The molecule has 0 radical (unpaired) electrons. The molecule has 1 fully saturated rings. The Morgan fingerprint density at radius 1 is 1.55 bits per heavy atom. The highest BCUT2D eigenvalue weighted by atomic mass is 16.3. The van der Waals surface area contributed by atoms with Crippen molar-refractivity contribution in [3.63, 3.8) is 0 Å². The zero-order valence-electron chi connectivity index (χ0n) is 7.21. The molecule has 1 aliphatic carbocycles. The van der Waals surface area contributed by atoms with Gasteiger partial charge in [0.2, 0.25) is 0 Å². The molecule has 2 N–H and O–H groups in total. The summed E-state index contributed by atoms with van der Waals surface area (Å²) in [4.78, 5) is 0. The lowest BCUT2D eigenvalue weighted by molar-refractivity contribution is -0.0308. The molecule has 0 spiro atoms. The summed E-state index contributed by atoms with van der Waals surface area (Å²) in [5.41, 5.74) is -0.549. The van der Waals surface area contributed by atoms with Crippen LogP contribution in [0.4, 0.5) is 0 Å². The topological polar surface area (TPSA) is 40.5 Å². The van der Waals surface area contributed by atoms with E-state index in [9.17, 15) is 5.11 Å². The molecule has 2 heteroatoms. The molecule has 0 aliphatic heterocycles. The average Bonchev–Trinajstić information content (AvgIpc) is 1.86. The Morgan fingerprint density at radius 3 is 2.82 bits per heavy atom. The van der Waals surface area contributed by atoms with Crippen LogP contribution in [0.5, 0.6) is 0 Å². The summed E-state index contributed by atoms with van der Waals surface area (Å²) in [5.74, 6) is 0.625. The van der Waals surface area contributed by atoms with E-state index in [-0.39, 0.29) is 6.61 Å². The molecule has 1 rings (SSSR count). The van der Waals surface area contributed by atoms with Crippen molar-refractivity contribution in [1.29, 1.82) is 0 Å². The van der Waals surface area contributed by atoms with Gasteiger partial charge in [0.25, 0.3) is 0 Å². The fourth-order valence-electron chi connectivity index (χ4n) is 2.07. The highest BCUT2D eigenvalue weighted by Gasteiger charge is 2.31. The molecule has 0 aromatic heterocycles. The fourth-order valence-corrected chi connectivity index (χ4v) is 2.07. The summed E-state index contributed by atoms with van der Waals surface area (Å²) in [6.07, 6.45) is 4.63. The Balaban J connectivity index is 2.41. The van der Waals surface area contributed by atoms with Crippen LogP contribution >= 0.6 is 0 Å². The summed E-state index contributed by atoms with van der Waals surface area (Å²) in [7, 11) is 0. The molecular weight excluding hydrogens is 140 g/mol. The van der Waals surface area contributed by atoms with Gasteiger partial charge in [0.15, 0.2) is 0 Å². The van der Waals surface area contributed by atoms with E-state index in [0.717, 1.165) is 19.3 Å². The zero-order valence-corrected chi connectivity index (χ0v) is 7.21. The summed E-state index contributed by atoms with van der Waals surface area (Å²) < 4.78 is 0. The first-order valence-corrected chi connectivity index (χ1v) is 4.49. The smallest absolute Gasteiger partial charge is 0.0672 e. The third kappa shape index (κ3) is 2.46. The van der Waals surface area contributed by atoms with E-state index in [2.05, 4.69) is 6.92 Å². The Hall–Kier alpha value is -0.0800. The first-order chi connectivity index (χ1) is 5.16. The molecule has 1 saturated carbocycles. The van der Waals surface area contributed by atoms with Crippen LogP contribution in [0, 0.1) is 5.92 Å². The lowest BCUT2D eigenvalue weighted by Crippen LogP contribution is -2.35. The van der Waals surface area contributed by atoms with Gasteiger partial charge in [-0.15, -0.1) is 0 Å². The second-order valence-corrected chi connectivity index (χ2v) is 3.90. The Bertz CT molecular complexity index is 121. The van der Waals surface area contributed by atoms with E-state index in [0.29, 0.717) is 12.3 Å². The van der Waals surface area contributed by atoms with Gasteiger partial charge in [-0.25, -0.2) is 0 Å². The van der Waals surface area contributed by atoms with Crippen LogP contribution in [0.15, 0.2) is 0 Å². The van der Waals surface area contributed by atoms with Crippen molar-refractivity contribution in [3.05, 3.63) is 0 Å². The zero-order chi connectivity index (χ0) is 8.32. The van der Waals surface area contributed by atoms with Gasteiger partial charge in [0.1, 0.15) is 0 Å².